The first-order chi connectivity index (χ1) is 12.2. The Morgan fingerprint density at radius 3 is 2.72 bits per heavy atom. The fourth-order valence-electron chi connectivity index (χ4n) is 3.03. The Morgan fingerprint density at radius 1 is 1.28 bits per heavy atom. The third-order valence-corrected chi connectivity index (χ3v) is 4.28. The van der Waals surface area contributed by atoms with Crippen LogP contribution >= 0.6 is 0 Å². The summed E-state index contributed by atoms with van der Waals surface area (Å²) in [4.78, 5) is 13.4. The fourth-order valence-corrected chi connectivity index (χ4v) is 3.03. The van der Waals surface area contributed by atoms with Crippen molar-refractivity contribution in [2.24, 2.45) is 0 Å². The van der Waals surface area contributed by atoms with Crippen LogP contribution in [-0.2, 0) is 0 Å². The van der Waals surface area contributed by atoms with E-state index < -0.39 is 4.92 Å². The van der Waals surface area contributed by atoms with E-state index in [9.17, 15) is 10.1 Å². The number of nitro groups is 1. The van der Waals surface area contributed by atoms with Gasteiger partial charge in [0.1, 0.15) is 5.69 Å². The smallest absolute Gasteiger partial charge is 0.298 e. The van der Waals surface area contributed by atoms with E-state index >= 15 is 0 Å². The molecule has 8 heteroatoms. The summed E-state index contributed by atoms with van der Waals surface area (Å²) in [6.07, 6.45) is 6.61. The van der Waals surface area contributed by atoms with Crippen molar-refractivity contribution in [3.05, 3.63) is 40.7 Å². The molecule has 2 heterocycles. The first-order valence-electron chi connectivity index (χ1n) is 8.40. The highest BCUT2D eigenvalue weighted by Gasteiger charge is 2.21. The summed E-state index contributed by atoms with van der Waals surface area (Å²) in [5.41, 5.74) is 0.273. The maximum atomic E-state index is 11.4. The number of nitrogens with zero attached hydrogens (tertiary/aromatic N) is 4. The molecule has 1 aromatic heterocycles. The predicted octanol–water partition coefficient (Wildman–Crippen LogP) is 2.65. The van der Waals surface area contributed by atoms with Gasteiger partial charge in [-0.1, -0.05) is 0 Å². The second-order valence-corrected chi connectivity index (χ2v) is 5.95. The topological polar surface area (TPSA) is 82.7 Å². The number of nitro benzene ring substituents is 1. The summed E-state index contributed by atoms with van der Waals surface area (Å²) in [5.74, 6) is 0.837. The molecular weight excluding hydrogens is 324 g/mol. The van der Waals surface area contributed by atoms with Crippen LogP contribution in [0.2, 0.25) is 0 Å². The van der Waals surface area contributed by atoms with Crippen LogP contribution in [0.4, 0.5) is 5.69 Å². The number of hydrogen-bond acceptors (Lipinski definition) is 6. The van der Waals surface area contributed by atoms with Gasteiger partial charge in [-0.3, -0.25) is 10.1 Å². The number of rotatable bonds is 8. The van der Waals surface area contributed by atoms with Gasteiger partial charge in [0.25, 0.3) is 5.69 Å². The highest BCUT2D eigenvalue weighted by molar-refractivity contribution is 5.61. The molecule has 1 fully saturated rings. The molecule has 1 saturated heterocycles. The van der Waals surface area contributed by atoms with Crippen LogP contribution in [0, 0.1) is 10.1 Å². The molecule has 134 valence electrons. The van der Waals surface area contributed by atoms with Gasteiger partial charge in [0.15, 0.2) is 11.5 Å². The summed E-state index contributed by atoms with van der Waals surface area (Å²) >= 11 is 0. The zero-order chi connectivity index (χ0) is 17.6. The number of ether oxygens (including phenoxy) is 2. The van der Waals surface area contributed by atoms with Crippen LogP contribution in [0.3, 0.4) is 0 Å². The van der Waals surface area contributed by atoms with E-state index in [0.717, 1.165) is 26.1 Å². The van der Waals surface area contributed by atoms with Gasteiger partial charge in [0.05, 0.1) is 24.7 Å². The largest absolute Gasteiger partial charge is 0.493 e. The molecule has 0 radical (unpaired) electrons. The molecule has 1 aliphatic heterocycles. The van der Waals surface area contributed by atoms with Gasteiger partial charge in [0, 0.05) is 25.0 Å². The van der Waals surface area contributed by atoms with E-state index in [1.165, 1.54) is 30.7 Å². The van der Waals surface area contributed by atoms with E-state index in [0.29, 0.717) is 23.8 Å². The predicted molar refractivity (Wildman–Crippen MR) is 92.6 cm³/mol. The number of hydrogen-bond donors (Lipinski definition) is 0. The van der Waals surface area contributed by atoms with Crippen molar-refractivity contribution < 1.29 is 14.4 Å². The van der Waals surface area contributed by atoms with Crippen molar-refractivity contribution in [2.45, 2.75) is 19.3 Å². The van der Waals surface area contributed by atoms with Crippen molar-refractivity contribution in [1.29, 1.82) is 0 Å². The molecule has 2 aromatic rings. The van der Waals surface area contributed by atoms with E-state index in [2.05, 4.69) is 10.00 Å². The summed E-state index contributed by atoms with van der Waals surface area (Å²) in [5, 5.41) is 15.5. The van der Waals surface area contributed by atoms with Crippen molar-refractivity contribution in [2.75, 3.05) is 33.4 Å². The maximum absolute atomic E-state index is 11.4. The Morgan fingerprint density at radius 2 is 2.08 bits per heavy atom. The lowest BCUT2D eigenvalue weighted by Crippen LogP contribution is -2.22. The molecule has 0 N–H and O–H groups in total. The van der Waals surface area contributed by atoms with E-state index in [1.807, 2.05) is 0 Å². The molecule has 25 heavy (non-hydrogen) atoms. The van der Waals surface area contributed by atoms with E-state index in [4.69, 9.17) is 9.47 Å². The van der Waals surface area contributed by atoms with Crippen LogP contribution in [0.5, 0.6) is 11.5 Å². The number of aromatic nitrogens is 2. The molecule has 3 rings (SSSR count). The Labute approximate surface area is 146 Å². The average Bonchev–Trinajstić information content (AvgIpc) is 3.31. The molecule has 8 nitrogen and oxygen atoms in total. The van der Waals surface area contributed by atoms with Gasteiger partial charge >= 0.3 is 0 Å². The maximum Gasteiger partial charge on any atom is 0.298 e. The van der Waals surface area contributed by atoms with Gasteiger partial charge in [-0.25, -0.2) is 4.68 Å². The van der Waals surface area contributed by atoms with Crippen molar-refractivity contribution in [3.63, 3.8) is 0 Å². The molecular formula is C17H22N4O4. The van der Waals surface area contributed by atoms with Crippen LogP contribution in [0.1, 0.15) is 19.3 Å². The van der Waals surface area contributed by atoms with E-state index in [1.54, 1.807) is 24.5 Å². The zero-order valence-electron chi connectivity index (χ0n) is 14.3. The SMILES string of the molecule is COc1cc(-n2cccn2)c([N+](=O)[O-])cc1OCCCN1CCCC1. The van der Waals surface area contributed by atoms with Gasteiger partial charge in [-0.05, 0) is 38.4 Å². The third-order valence-electron chi connectivity index (χ3n) is 4.28. The van der Waals surface area contributed by atoms with Gasteiger partial charge in [0.2, 0.25) is 0 Å². The summed E-state index contributed by atoms with van der Waals surface area (Å²) in [6, 6.07) is 4.70. The van der Waals surface area contributed by atoms with Crippen LogP contribution in [-0.4, -0.2) is 53.0 Å². The Kier molecular flexibility index (Phi) is 5.49. The van der Waals surface area contributed by atoms with Crippen molar-refractivity contribution in [1.82, 2.24) is 14.7 Å². The van der Waals surface area contributed by atoms with Gasteiger partial charge in [-0.2, -0.15) is 5.10 Å². The first kappa shape index (κ1) is 17.2. The second kappa shape index (κ2) is 7.98. The minimum absolute atomic E-state index is 0.0703. The highest BCUT2D eigenvalue weighted by atomic mass is 16.6. The van der Waals surface area contributed by atoms with Gasteiger partial charge in [-0.15, -0.1) is 0 Å². The average molecular weight is 346 g/mol. The van der Waals surface area contributed by atoms with Crippen LogP contribution < -0.4 is 9.47 Å². The molecule has 0 aliphatic carbocycles. The molecule has 0 amide bonds. The standard InChI is InChI=1S/C17H22N4O4/c1-24-16-12-14(20-10-4-6-18-20)15(21(22)23)13-17(16)25-11-5-9-19-7-2-3-8-19/h4,6,10,12-13H,2-3,5,7-9,11H2,1H3. The molecule has 0 saturated carbocycles. The number of benzene rings is 1. The Balaban J connectivity index is 1.74. The fraction of sp³-hybridized carbons (Fsp3) is 0.471. The van der Waals surface area contributed by atoms with Gasteiger partial charge < -0.3 is 14.4 Å². The normalized spacial score (nSPS) is 14.6. The first-order valence-corrected chi connectivity index (χ1v) is 8.40. The second-order valence-electron chi connectivity index (χ2n) is 5.95. The van der Waals surface area contributed by atoms with E-state index in [-0.39, 0.29) is 5.69 Å². The number of methoxy groups -OCH3 is 1. The lowest BCUT2D eigenvalue weighted by Gasteiger charge is -2.16. The highest BCUT2D eigenvalue weighted by Crippen LogP contribution is 2.36. The summed E-state index contributed by atoms with van der Waals surface area (Å²) < 4.78 is 12.6. The molecule has 0 bridgehead atoms. The van der Waals surface area contributed by atoms with Crippen molar-refractivity contribution in [3.8, 4) is 17.2 Å². The Bertz CT molecular complexity index is 712. The molecule has 1 aliphatic rings. The zero-order valence-corrected chi connectivity index (χ0v) is 14.3. The summed E-state index contributed by atoms with van der Waals surface area (Å²) in [7, 11) is 1.52. The quantitative estimate of drug-likeness (QED) is 0.415. The minimum Gasteiger partial charge on any atom is -0.493 e. The molecule has 1 aromatic carbocycles. The number of likely N-dealkylation sites (tertiary alicyclic amines) is 1. The Hall–Kier alpha value is -2.61. The minimum atomic E-state index is -0.437. The third kappa shape index (κ3) is 4.08. The molecule has 0 atom stereocenters. The lowest BCUT2D eigenvalue weighted by atomic mass is 10.2. The van der Waals surface area contributed by atoms with Crippen LogP contribution in [0.15, 0.2) is 30.6 Å². The monoisotopic (exact) mass is 346 g/mol. The molecule has 0 unspecified atom stereocenters. The lowest BCUT2D eigenvalue weighted by molar-refractivity contribution is -0.384. The van der Waals surface area contributed by atoms with Crippen LogP contribution in [0.25, 0.3) is 5.69 Å². The molecule has 0 spiro atoms. The summed E-state index contributed by atoms with van der Waals surface area (Å²) in [6.45, 7) is 3.77. The van der Waals surface area contributed by atoms with Crippen molar-refractivity contribution >= 4 is 5.69 Å².